The highest BCUT2D eigenvalue weighted by Gasteiger charge is 2.11. The molecule has 1 aromatic carbocycles. The zero-order valence-electron chi connectivity index (χ0n) is 11.6. The first-order chi connectivity index (χ1) is 9.19. The molecule has 0 saturated carbocycles. The van der Waals surface area contributed by atoms with E-state index in [-0.39, 0.29) is 5.91 Å². The quantitative estimate of drug-likeness (QED) is 0.841. The van der Waals surface area contributed by atoms with E-state index in [0.29, 0.717) is 5.56 Å². The zero-order chi connectivity index (χ0) is 13.8. The van der Waals surface area contributed by atoms with Crippen LogP contribution < -0.4 is 4.74 Å². The molecule has 0 atom stereocenters. The average molecular weight is 257 g/mol. The second-order valence-corrected chi connectivity index (χ2v) is 4.46. The van der Waals surface area contributed by atoms with Crippen molar-refractivity contribution in [1.82, 2.24) is 4.57 Å². The largest absolute Gasteiger partial charge is 0.497 e. The number of aromatic nitrogens is 1. The maximum Gasteiger partial charge on any atom is 0.261 e. The molecule has 3 nitrogen and oxygen atoms in total. The minimum atomic E-state index is -0.00273. The molecule has 1 heterocycles. The van der Waals surface area contributed by atoms with E-state index in [0.717, 1.165) is 18.6 Å². The van der Waals surface area contributed by atoms with Crippen molar-refractivity contribution in [2.75, 3.05) is 7.11 Å². The van der Waals surface area contributed by atoms with Gasteiger partial charge in [0, 0.05) is 18.0 Å². The van der Waals surface area contributed by atoms with Gasteiger partial charge in [0.25, 0.3) is 5.91 Å². The molecule has 2 aromatic rings. The van der Waals surface area contributed by atoms with Crippen LogP contribution in [0.2, 0.25) is 0 Å². The van der Waals surface area contributed by atoms with E-state index >= 15 is 0 Å². The van der Waals surface area contributed by atoms with Crippen molar-refractivity contribution >= 4 is 5.91 Å². The normalized spacial score (nSPS) is 10.5. The van der Waals surface area contributed by atoms with Gasteiger partial charge in [0.05, 0.1) is 7.11 Å². The van der Waals surface area contributed by atoms with Gasteiger partial charge in [-0.05, 0) is 48.2 Å². The Labute approximate surface area is 113 Å². The van der Waals surface area contributed by atoms with Crippen molar-refractivity contribution in [3.63, 3.8) is 0 Å². The number of carbonyl (C=O) groups excluding carboxylic acids is 1. The Hall–Kier alpha value is -2.03. The maximum atomic E-state index is 12.4. The van der Waals surface area contributed by atoms with Crippen molar-refractivity contribution < 1.29 is 9.53 Å². The fraction of sp³-hybridized carbons (Fsp3) is 0.312. The molecule has 3 heteroatoms. The summed E-state index contributed by atoms with van der Waals surface area (Å²) in [4.78, 5) is 12.4. The van der Waals surface area contributed by atoms with Gasteiger partial charge < -0.3 is 4.74 Å². The Morgan fingerprint density at radius 2 is 1.58 bits per heavy atom. The van der Waals surface area contributed by atoms with Crippen LogP contribution in [0.1, 0.15) is 35.3 Å². The number of hydrogen-bond donors (Lipinski definition) is 0. The molecule has 100 valence electrons. The summed E-state index contributed by atoms with van der Waals surface area (Å²) in [6.07, 6.45) is 5.77. The van der Waals surface area contributed by atoms with Crippen LogP contribution in [0, 0.1) is 0 Å². The predicted molar refractivity (Wildman–Crippen MR) is 75.9 cm³/mol. The molecular formula is C16H19NO2. The number of aryl methyl sites for hydroxylation is 2. The van der Waals surface area contributed by atoms with Gasteiger partial charge in [0.2, 0.25) is 0 Å². The Morgan fingerprint density at radius 1 is 1.05 bits per heavy atom. The van der Waals surface area contributed by atoms with Crippen LogP contribution in [0.4, 0.5) is 0 Å². The summed E-state index contributed by atoms with van der Waals surface area (Å²) in [5.74, 6) is 0.754. The Balaban J connectivity index is 2.29. The van der Waals surface area contributed by atoms with E-state index in [9.17, 15) is 4.79 Å². The van der Waals surface area contributed by atoms with Gasteiger partial charge in [-0.25, -0.2) is 0 Å². The van der Waals surface area contributed by atoms with Gasteiger partial charge in [0.15, 0.2) is 0 Å². The zero-order valence-corrected chi connectivity index (χ0v) is 11.6. The lowest BCUT2D eigenvalue weighted by Crippen LogP contribution is -2.09. The minimum Gasteiger partial charge on any atom is -0.497 e. The molecule has 0 bridgehead atoms. The number of benzene rings is 1. The van der Waals surface area contributed by atoms with Crippen LogP contribution in [-0.4, -0.2) is 17.6 Å². The summed E-state index contributed by atoms with van der Waals surface area (Å²) >= 11 is 0. The second-order valence-electron chi connectivity index (χ2n) is 4.46. The van der Waals surface area contributed by atoms with E-state index in [1.165, 1.54) is 11.1 Å². The minimum absolute atomic E-state index is 0.00273. The number of methoxy groups -OCH3 is 1. The van der Waals surface area contributed by atoms with Gasteiger partial charge in [-0.15, -0.1) is 0 Å². The fourth-order valence-corrected chi connectivity index (χ4v) is 2.18. The molecule has 0 N–H and O–H groups in total. The van der Waals surface area contributed by atoms with Crippen molar-refractivity contribution in [3.8, 4) is 5.75 Å². The van der Waals surface area contributed by atoms with E-state index in [4.69, 9.17) is 4.74 Å². The first-order valence-electron chi connectivity index (χ1n) is 6.58. The lowest BCUT2D eigenvalue weighted by atomic mass is 10.1. The van der Waals surface area contributed by atoms with Gasteiger partial charge in [-0.2, -0.15) is 0 Å². The van der Waals surface area contributed by atoms with Crippen LogP contribution >= 0.6 is 0 Å². The molecule has 0 aliphatic carbocycles. The van der Waals surface area contributed by atoms with Gasteiger partial charge in [-0.1, -0.05) is 13.8 Å². The number of carbonyl (C=O) groups is 1. The van der Waals surface area contributed by atoms with Crippen molar-refractivity contribution in [2.45, 2.75) is 26.7 Å². The van der Waals surface area contributed by atoms with Crippen molar-refractivity contribution in [3.05, 3.63) is 53.3 Å². The third kappa shape index (κ3) is 2.70. The molecule has 1 aromatic heterocycles. The number of ether oxygens (including phenoxy) is 1. The molecule has 0 aliphatic heterocycles. The summed E-state index contributed by atoms with van der Waals surface area (Å²) in [7, 11) is 1.61. The molecular weight excluding hydrogens is 238 g/mol. The fourth-order valence-electron chi connectivity index (χ4n) is 2.18. The average Bonchev–Trinajstić information content (AvgIpc) is 2.89. The number of nitrogens with zero attached hydrogens (tertiary/aromatic N) is 1. The summed E-state index contributed by atoms with van der Waals surface area (Å²) in [5, 5.41) is 0. The van der Waals surface area contributed by atoms with E-state index < -0.39 is 0 Å². The smallest absolute Gasteiger partial charge is 0.261 e. The topological polar surface area (TPSA) is 31.2 Å². The standard InChI is InChI=1S/C16H19NO2/c1-4-12-10-17(11-13(12)5-2)16(18)14-6-8-15(19-3)9-7-14/h6-11H,4-5H2,1-3H3. The van der Waals surface area contributed by atoms with Crippen LogP contribution in [0.3, 0.4) is 0 Å². The highest BCUT2D eigenvalue weighted by atomic mass is 16.5. The molecule has 0 unspecified atom stereocenters. The van der Waals surface area contributed by atoms with E-state index in [2.05, 4.69) is 13.8 Å². The van der Waals surface area contributed by atoms with Crippen molar-refractivity contribution in [2.24, 2.45) is 0 Å². The van der Waals surface area contributed by atoms with Crippen LogP contribution in [0.5, 0.6) is 5.75 Å². The lowest BCUT2D eigenvalue weighted by molar-refractivity contribution is 0.0960. The third-order valence-corrected chi connectivity index (χ3v) is 3.34. The molecule has 0 fully saturated rings. The highest BCUT2D eigenvalue weighted by Crippen LogP contribution is 2.16. The first-order valence-corrected chi connectivity index (χ1v) is 6.58. The molecule has 0 radical (unpaired) electrons. The number of rotatable bonds is 4. The molecule has 0 amide bonds. The maximum absolute atomic E-state index is 12.4. The second kappa shape index (κ2) is 5.74. The van der Waals surface area contributed by atoms with Crippen molar-refractivity contribution in [1.29, 1.82) is 0 Å². The Morgan fingerprint density at radius 3 is 2.00 bits per heavy atom. The monoisotopic (exact) mass is 257 g/mol. The Bertz CT molecular complexity index is 545. The van der Waals surface area contributed by atoms with Crippen LogP contribution in [0.25, 0.3) is 0 Å². The summed E-state index contributed by atoms with van der Waals surface area (Å²) in [6.45, 7) is 4.22. The molecule has 0 spiro atoms. The third-order valence-electron chi connectivity index (χ3n) is 3.34. The summed E-state index contributed by atoms with van der Waals surface area (Å²) < 4.78 is 6.77. The molecule has 0 saturated heterocycles. The molecule has 0 aliphatic rings. The van der Waals surface area contributed by atoms with Gasteiger partial charge in [0.1, 0.15) is 5.75 Å². The van der Waals surface area contributed by atoms with E-state index in [1.807, 2.05) is 12.4 Å². The predicted octanol–water partition coefficient (Wildman–Crippen LogP) is 3.31. The highest BCUT2D eigenvalue weighted by molar-refractivity contribution is 5.96. The SMILES string of the molecule is CCc1cn(C(=O)c2ccc(OC)cc2)cc1CC. The lowest BCUT2D eigenvalue weighted by Gasteiger charge is -2.03. The van der Waals surface area contributed by atoms with E-state index in [1.54, 1.807) is 35.9 Å². The molecule has 19 heavy (non-hydrogen) atoms. The van der Waals surface area contributed by atoms with Crippen LogP contribution in [0.15, 0.2) is 36.7 Å². The summed E-state index contributed by atoms with van der Waals surface area (Å²) in [5.41, 5.74) is 3.15. The first kappa shape index (κ1) is 13.4. The summed E-state index contributed by atoms with van der Waals surface area (Å²) in [6, 6.07) is 7.19. The number of hydrogen-bond acceptors (Lipinski definition) is 2. The molecule has 2 rings (SSSR count). The van der Waals surface area contributed by atoms with Gasteiger partial charge >= 0.3 is 0 Å². The Kier molecular flexibility index (Phi) is 4.05. The van der Waals surface area contributed by atoms with Gasteiger partial charge in [-0.3, -0.25) is 9.36 Å². The van der Waals surface area contributed by atoms with Crippen LogP contribution in [-0.2, 0) is 12.8 Å².